The Kier molecular flexibility index (Phi) is 1.94. The quantitative estimate of drug-likeness (QED) is 0.572. The molecule has 1 aromatic heterocycles. The molecule has 0 unspecified atom stereocenters. The predicted molar refractivity (Wildman–Crippen MR) is 48.5 cm³/mol. The van der Waals surface area contributed by atoms with Crippen LogP contribution in [0.2, 0.25) is 0 Å². The summed E-state index contributed by atoms with van der Waals surface area (Å²) in [5, 5.41) is 20.3. The van der Waals surface area contributed by atoms with Gasteiger partial charge in [0.1, 0.15) is 5.69 Å². The van der Waals surface area contributed by atoms with Crippen LogP contribution >= 0.6 is 0 Å². The van der Waals surface area contributed by atoms with Crippen molar-refractivity contribution >= 4 is 5.69 Å². The lowest BCUT2D eigenvalue weighted by Gasteiger charge is -1.94. The van der Waals surface area contributed by atoms with Crippen molar-refractivity contribution in [1.29, 1.82) is 0 Å². The topological polar surface area (TPSA) is 84.7 Å². The fourth-order valence-electron chi connectivity index (χ4n) is 1.09. The van der Waals surface area contributed by atoms with E-state index in [1.807, 2.05) is 0 Å². The number of nitrogens with one attached hydrogen (secondary N) is 1. The minimum Gasteiger partial charge on any atom is -0.258 e. The number of aromatic amines is 1. The number of rotatable bonds is 2. The third kappa shape index (κ3) is 1.45. The molecule has 6 heteroatoms. The summed E-state index contributed by atoms with van der Waals surface area (Å²) >= 11 is 0. The standard InChI is InChI=1S/C8H6N4O2/c13-12(14)7-3-1-6(2-4-7)8-5-9-11-10-8/h1-5H,(H,9,10,11). The minimum atomic E-state index is -0.438. The molecule has 0 amide bonds. The van der Waals surface area contributed by atoms with Crippen molar-refractivity contribution in [3.8, 4) is 11.3 Å². The number of nitro groups is 1. The molecule has 2 aromatic rings. The van der Waals surface area contributed by atoms with Gasteiger partial charge in [0.2, 0.25) is 0 Å². The molecule has 0 spiro atoms. The molecule has 1 aromatic carbocycles. The molecule has 0 saturated carbocycles. The third-order valence-corrected chi connectivity index (χ3v) is 1.79. The zero-order chi connectivity index (χ0) is 9.97. The molecule has 0 aliphatic carbocycles. The van der Waals surface area contributed by atoms with E-state index >= 15 is 0 Å². The van der Waals surface area contributed by atoms with E-state index in [1.54, 1.807) is 18.3 Å². The summed E-state index contributed by atoms with van der Waals surface area (Å²) in [6.07, 6.45) is 1.56. The summed E-state index contributed by atoms with van der Waals surface area (Å²) in [4.78, 5) is 9.93. The van der Waals surface area contributed by atoms with E-state index in [0.717, 1.165) is 5.56 Å². The molecule has 0 fully saturated rings. The highest BCUT2D eigenvalue weighted by atomic mass is 16.6. The largest absolute Gasteiger partial charge is 0.269 e. The van der Waals surface area contributed by atoms with E-state index in [0.29, 0.717) is 5.69 Å². The number of nitro benzene ring substituents is 1. The SMILES string of the molecule is O=[N+]([O-])c1ccc(-c2cn[nH]n2)cc1. The Balaban J connectivity index is 2.36. The first-order valence-electron chi connectivity index (χ1n) is 3.88. The van der Waals surface area contributed by atoms with Crippen LogP contribution in [0.3, 0.4) is 0 Å². The van der Waals surface area contributed by atoms with Gasteiger partial charge in [-0.2, -0.15) is 15.4 Å². The second-order valence-corrected chi connectivity index (χ2v) is 2.66. The molecule has 6 nitrogen and oxygen atoms in total. The zero-order valence-electron chi connectivity index (χ0n) is 7.04. The summed E-state index contributed by atoms with van der Waals surface area (Å²) < 4.78 is 0. The molecule has 1 heterocycles. The van der Waals surface area contributed by atoms with Gasteiger partial charge in [-0.3, -0.25) is 10.1 Å². The van der Waals surface area contributed by atoms with E-state index in [-0.39, 0.29) is 5.69 Å². The normalized spacial score (nSPS) is 10.0. The number of benzene rings is 1. The van der Waals surface area contributed by atoms with E-state index in [9.17, 15) is 10.1 Å². The smallest absolute Gasteiger partial charge is 0.258 e. The van der Waals surface area contributed by atoms with E-state index in [2.05, 4.69) is 15.4 Å². The molecule has 2 rings (SSSR count). The lowest BCUT2D eigenvalue weighted by atomic mass is 10.1. The van der Waals surface area contributed by atoms with Crippen molar-refractivity contribution in [2.75, 3.05) is 0 Å². The van der Waals surface area contributed by atoms with Crippen LogP contribution in [-0.4, -0.2) is 20.3 Å². The van der Waals surface area contributed by atoms with Gasteiger partial charge in [0.25, 0.3) is 5.69 Å². The van der Waals surface area contributed by atoms with E-state index < -0.39 is 4.92 Å². The Morgan fingerprint density at radius 3 is 2.50 bits per heavy atom. The Morgan fingerprint density at radius 1 is 1.29 bits per heavy atom. The first-order valence-corrected chi connectivity index (χ1v) is 3.88. The first-order chi connectivity index (χ1) is 6.77. The van der Waals surface area contributed by atoms with Gasteiger partial charge in [0.15, 0.2) is 0 Å². The van der Waals surface area contributed by atoms with Crippen LogP contribution in [0, 0.1) is 10.1 Å². The molecule has 0 saturated heterocycles. The Hall–Kier alpha value is -2.24. The lowest BCUT2D eigenvalue weighted by Crippen LogP contribution is -1.87. The van der Waals surface area contributed by atoms with Gasteiger partial charge in [-0.05, 0) is 12.1 Å². The fraction of sp³-hybridized carbons (Fsp3) is 0. The number of aromatic nitrogens is 3. The average Bonchev–Trinajstić information content (AvgIpc) is 2.71. The second-order valence-electron chi connectivity index (χ2n) is 2.66. The number of nitrogens with zero attached hydrogens (tertiary/aromatic N) is 3. The van der Waals surface area contributed by atoms with Crippen molar-refractivity contribution in [3.05, 3.63) is 40.6 Å². The number of non-ortho nitro benzene ring substituents is 1. The van der Waals surface area contributed by atoms with Crippen molar-refractivity contribution in [1.82, 2.24) is 15.4 Å². The van der Waals surface area contributed by atoms with Crippen LogP contribution in [-0.2, 0) is 0 Å². The van der Waals surface area contributed by atoms with Gasteiger partial charge in [-0.1, -0.05) is 0 Å². The average molecular weight is 190 g/mol. The molecular formula is C8H6N4O2. The first kappa shape index (κ1) is 8.36. The Bertz CT molecular complexity index is 435. The highest BCUT2D eigenvalue weighted by Gasteiger charge is 2.05. The Labute approximate surface area is 78.7 Å². The predicted octanol–water partition coefficient (Wildman–Crippen LogP) is 1.38. The van der Waals surface area contributed by atoms with Gasteiger partial charge in [-0.25, -0.2) is 0 Å². The third-order valence-electron chi connectivity index (χ3n) is 1.79. The summed E-state index contributed by atoms with van der Waals surface area (Å²) in [5.74, 6) is 0. The fourth-order valence-corrected chi connectivity index (χ4v) is 1.09. The molecule has 0 bridgehead atoms. The molecule has 0 atom stereocenters. The monoisotopic (exact) mass is 190 g/mol. The molecule has 0 radical (unpaired) electrons. The van der Waals surface area contributed by atoms with E-state index in [4.69, 9.17) is 0 Å². The van der Waals surface area contributed by atoms with Gasteiger partial charge < -0.3 is 0 Å². The maximum atomic E-state index is 10.4. The lowest BCUT2D eigenvalue weighted by molar-refractivity contribution is -0.384. The summed E-state index contributed by atoms with van der Waals surface area (Å²) in [6.45, 7) is 0. The molecule has 0 aliphatic heterocycles. The highest BCUT2D eigenvalue weighted by Crippen LogP contribution is 2.19. The molecule has 70 valence electrons. The molecule has 14 heavy (non-hydrogen) atoms. The maximum Gasteiger partial charge on any atom is 0.269 e. The number of hydrogen-bond donors (Lipinski definition) is 1. The highest BCUT2D eigenvalue weighted by molar-refractivity contribution is 5.59. The van der Waals surface area contributed by atoms with Crippen LogP contribution in [0.4, 0.5) is 5.69 Å². The molecule has 0 aliphatic rings. The van der Waals surface area contributed by atoms with Gasteiger partial charge in [-0.15, -0.1) is 0 Å². The Morgan fingerprint density at radius 2 is 2.00 bits per heavy atom. The van der Waals surface area contributed by atoms with Gasteiger partial charge in [0, 0.05) is 17.7 Å². The van der Waals surface area contributed by atoms with Crippen molar-refractivity contribution in [3.63, 3.8) is 0 Å². The summed E-state index contributed by atoms with van der Waals surface area (Å²) in [5.41, 5.74) is 1.53. The summed E-state index contributed by atoms with van der Waals surface area (Å²) in [7, 11) is 0. The van der Waals surface area contributed by atoms with Crippen LogP contribution in [0.5, 0.6) is 0 Å². The van der Waals surface area contributed by atoms with Gasteiger partial charge >= 0.3 is 0 Å². The molecular weight excluding hydrogens is 184 g/mol. The minimum absolute atomic E-state index is 0.0669. The maximum absolute atomic E-state index is 10.4. The number of hydrogen-bond acceptors (Lipinski definition) is 4. The van der Waals surface area contributed by atoms with Crippen molar-refractivity contribution in [2.45, 2.75) is 0 Å². The van der Waals surface area contributed by atoms with Crippen LogP contribution in [0.25, 0.3) is 11.3 Å². The van der Waals surface area contributed by atoms with Crippen LogP contribution in [0.1, 0.15) is 0 Å². The van der Waals surface area contributed by atoms with Crippen LogP contribution in [0.15, 0.2) is 30.5 Å². The molecule has 1 N–H and O–H groups in total. The second kappa shape index (κ2) is 3.25. The number of H-pyrrole nitrogens is 1. The van der Waals surface area contributed by atoms with Crippen molar-refractivity contribution < 1.29 is 4.92 Å². The van der Waals surface area contributed by atoms with Crippen molar-refractivity contribution in [2.24, 2.45) is 0 Å². The zero-order valence-corrected chi connectivity index (χ0v) is 7.04. The van der Waals surface area contributed by atoms with Gasteiger partial charge in [0.05, 0.1) is 11.1 Å². The van der Waals surface area contributed by atoms with Crippen LogP contribution < -0.4 is 0 Å². The summed E-state index contributed by atoms with van der Waals surface area (Å²) in [6, 6.07) is 6.14. The van der Waals surface area contributed by atoms with E-state index in [1.165, 1.54) is 12.1 Å².